The summed E-state index contributed by atoms with van der Waals surface area (Å²) in [4.78, 5) is 36.8. The van der Waals surface area contributed by atoms with Crippen LogP contribution in [-0.2, 0) is 16.1 Å². The number of hydrogen-bond donors (Lipinski definition) is 3. The maximum atomic E-state index is 11.8. The van der Waals surface area contributed by atoms with Gasteiger partial charge in [-0.3, -0.25) is 19.8 Å². The molecule has 8 nitrogen and oxygen atoms in total. The zero-order chi connectivity index (χ0) is 17.2. The van der Waals surface area contributed by atoms with Gasteiger partial charge in [0.05, 0.1) is 25.9 Å². The van der Waals surface area contributed by atoms with Crippen LogP contribution in [0.2, 0.25) is 0 Å². The molecule has 0 atom stereocenters. The molecule has 1 heterocycles. The molecule has 8 heteroatoms. The summed E-state index contributed by atoms with van der Waals surface area (Å²) >= 11 is 0. The second-order valence-electron chi connectivity index (χ2n) is 5.34. The Morgan fingerprint density at radius 2 is 1.91 bits per heavy atom. The van der Waals surface area contributed by atoms with E-state index in [2.05, 4.69) is 16.0 Å². The lowest BCUT2D eigenvalue weighted by Gasteiger charge is -2.19. The van der Waals surface area contributed by atoms with Gasteiger partial charge in [0.15, 0.2) is 0 Å². The van der Waals surface area contributed by atoms with Crippen LogP contribution in [0.25, 0.3) is 0 Å². The number of likely N-dealkylation sites (N-methyl/N-ethyl adjacent to an activating group) is 1. The van der Waals surface area contributed by atoms with Crippen LogP contribution in [0.3, 0.4) is 0 Å². The topological polar surface area (TPSA) is 104 Å². The monoisotopic (exact) mass is 324 g/mol. The minimum atomic E-state index is -0.603. The highest BCUT2D eigenvalue weighted by Crippen LogP contribution is 1.98. The van der Waals surface area contributed by atoms with Gasteiger partial charge in [0.1, 0.15) is 5.76 Å². The van der Waals surface area contributed by atoms with Crippen LogP contribution in [-0.4, -0.2) is 48.4 Å². The third-order valence-corrected chi connectivity index (χ3v) is 2.89. The Kier molecular flexibility index (Phi) is 7.82. The van der Waals surface area contributed by atoms with E-state index in [9.17, 15) is 14.4 Å². The Bertz CT molecular complexity index is 514. The minimum Gasteiger partial charge on any atom is -0.467 e. The number of amides is 4. The number of nitrogens with zero attached hydrogens (tertiary/aromatic N) is 1. The van der Waals surface area contributed by atoms with Gasteiger partial charge in [0.2, 0.25) is 11.8 Å². The van der Waals surface area contributed by atoms with E-state index in [-0.39, 0.29) is 31.6 Å². The van der Waals surface area contributed by atoms with Gasteiger partial charge in [0.25, 0.3) is 0 Å². The number of carbonyl (C=O) groups is 3. The van der Waals surface area contributed by atoms with Gasteiger partial charge in [-0.25, -0.2) is 4.79 Å². The summed E-state index contributed by atoms with van der Waals surface area (Å²) in [6, 6.07) is 2.87. The lowest BCUT2D eigenvalue weighted by atomic mass is 10.3. The zero-order valence-electron chi connectivity index (χ0n) is 13.7. The van der Waals surface area contributed by atoms with E-state index in [1.807, 2.05) is 20.8 Å². The van der Waals surface area contributed by atoms with Crippen molar-refractivity contribution in [1.29, 1.82) is 0 Å². The molecule has 0 radical (unpaired) electrons. The summed E-state index contributed by atoms with van der Waals surface area (Å²) in [5, 5.41) is 7.48. The SMILES string of the molecule is CCN(CC(=O)NC(=O)NCc1ccco1)CC(=O)NC(C)C. The normalized spacial score (nSPS) is 10.7. The summed E-state index contributed by atoms with van der Waals surface area (Å²) in [5.74, 6) is -0.0359. The van der Waals surface area contributed by atoms with E-state index in [0.29, 0.717) is 12.3 Å². The molecule has 1 aromatic rings. The van der Waals surface area contributed by atoms with Crippen molar-refractivity contribution in [2.45, 2.75) is 33.4 Å². The van der Waals surface area contributed by atoms with Gasteiger partial charge in [-0.15, -0.1) is 0 Å². The standard InChI is InChI=1S/C15H24N4O4/c1-4-19(9-13(20)17-11(2)3)10-14(21)18-15(22)16-8-12-6-5-7-23-12/h5-7,11H,4,8-10H2,1-3H3,(H,17,20)(H2,16,18,21,22). The van der Waals surface area contributed by atoms with E-state index in [1.165, 1.54) is 6.26 Å². The van der Waals surface area contributed by atoms with Crippen LogP contribution in [0.5, 0.6) is 0 Å². The average molecular weight is 324 g/mol. The highest BCUT2D eigenvalue weighted by molar-refractivity contribution is 5.95. The molecule has 0 aromatic carbocycles. The van der Waals surface area contributed by atoms with Crippen molar-refractivity contribution in [2.24, 2.45) is 0 Å². The molecule has 0 unspecified atom stereocenters. The fourth-order valence-electron chi connectivity index (χ4n) is 1.84. The second kappa shape index (κ2) is 9.62. The first-order valence-electron chi connectivity index (χ1n) is 7.52. The van der Waals surface area contributed by atoms with Gasteiger partial charge in [-0.2, -0.15) is 0 Å². The Labute approximate surface area is 135 Å². The highest BCUT2D eigenvalue weighted by atomic mass is 16.3. The molecule has 4 amide bonds. The second-order valence-corrected chi connectivity index (χ2v) is 5.34. The lowest BCUT2D eigenvalue weighted by Crippen LogP contribution is -2.47. The predicted octanol–water partition coefficient (Wildman–Crippen LogP) is 0.452. The third kappa shape index (κ3) is 8.01. The van der Waals surface area contributed by atoms with Crippen LogP contribution in [0.4, 0.5) is 4.79 Å². The molecule has 0 aliphatic heterocycles. The summed E-state index contributed by atoms with van der Waals surface area (Å²) in [7, 11) is 0. The average Bonchev–Trinajstić information content (AvgIpc) is 2.96. The van der Waals surface area contributed by atoms with Gasteiger partial charge in [-0.1, -0.05) is 6.92 Å². The molecule has 0 saturated heterocycles. The van der Waals surface area contributed by atoms with E-state index in [0.717, 1.165) is 0 Å². The van der Waals surface area contributed by atoms with Gasteiger partial charge in [0, 0.05) is 6.04 Å². The number of nitrogens with one attached hydrogen (secondary N) is 3. The smallest absolute Gasteiger partial charge is 0.321 e. The van der Waals surface area contributed by atoms with Crippen molar-refractivity contribution in [3.8, 4) is 0 Å². The number of furan rings is 1. The molecule has 23 heavy (non-hydrogen) atoms. The van der Waals surface area contributed by atoms with Crippen molar-refractivity contribution >= 4 is 17.8 Å². The lowest BCUT2D eigenvalue weighted by molar-refractivity contribution is -0.124. The molecule has 0 fully saturated rings. The number of rotatable bonds is 8. The fourth-order valence-corrected chi connectivity index (χ4v) is 1.84. The molecular weight excluding hydrogens is 300 g/mol. The van der Waals surface area contributed by atoms with E-state index in [4.69, 9.17) is 4.42 Å². The van der Waals surface area contributed by atoms with Gasteiger partial charge >= 0.3 is 6.03 Å². The summed E-state index contributed by atoms with van der Waals surface area (Å²) in [5.41, 5.74) is 0. The summed E-state index contributed by atoms with van der Waals surface area (Å²) in [6.45, 7) is 6.36. The molecule has 0 bridgehead atoms. The maximum Gasteiger partial charge on any atom is 0.321 e. The predicted molar refractivity (Wildman–Crippen MR) is 84.5 cm³/mol. The molecule has 1 rings (SSSR count). The largest absolute Gasteiger partial charge is 0.467 e. The van der Waals surface area contributed by atoms with Crippen molar-refractivity contribution in [3.05, 3.63) is 24.2 Å². The summed E-state index contributed by atoms with van der Waals surface area (Å²) < 4.78 is 5.07. The van der Waals surface area contributed by atoms with Crippen LogP contribution in [0.1, 0.15) is 26.5 Å². The van der Waals surface area contributed by atoms with E-state index >= 15 is 0 Å². The zero-order valence-corrected chi connectivity index (χ0v) is 13.7. The molecule has 0 aliphatic carbocycles. The molecule has 128 valence electrons. The van der Waals surface area contributed by atoms with Gasteiger partial charge < -0.3 is 15.1 Å². The number of imide groups is 1. The van der Waals surface area contributed by atoms with E-state index < -0.39 is 11.9 Å². The van der Waals surface area contributed by atoms with Crippen LogP contribution >= 0.6 is 0 Å². The van der Waals surface area contributed by atoms with E-state index in [1.54, 1.807) is 17.0 Å². The quantitative estimate of drug-likeness (QED) is 0.644. The molecule has 0 saturated carbocycles. The molecule has 3 N–H and O–H groups in total. The minimum absolute atomic E-state index is 0.0316. The Hall–Kier alpha value is -2.35. The fraction of sp³-hybridized carbons (Fsp3) is 0.533. The van der Waals surface area contributed by atoms with Crippen LogP contribution < -0.4 is 16.0 Å². The first kappa shape index (κ1) is 18.7. The molecular formula is C15H24N4O4. The van der Waals surface area contributed by atoms with Crippen molar-refractivity contribution in [2.75, 3.05) is 19.6 Å². The van der Waals surface area contributed by atoms with Crippen molar-refractivity contribution < 1.29 is 18.8 Å². The Balaban J connectivity index is 2.32. The number of hydrogen-bond acceptors (Lipinski definition) is 5. The first-order valence-corrected chi connectivity index (χ1v) is 7.52. The number of carbonyl (C=O) groups excluding carboxylic acids is 3. The maximum absolute atomic E-state index is 11.8. The first-order chi connectivity index (χ1) is 10.9. The van der Waals surface area contributed by atoms with Crippen molar-refractivity contribution in [3.63, 3.8) is 0 Å². The number of urea groups is 1. The summed E-state index contributed by atoms with van der Waals surface area (Å²) in [6.07, 6.45) is 1.50. The Morgan fingerprint density at radius 1 is 1.22 bits per heavy atom. The third-order valence-electron chi connectivity index (χ3n) is 2.89. The van der Waals surface area contributed by atoms with Crippen LogP contribution in [0, 0.1) is 0 Å². The van der Waals surface area contributed by atoms with Gasteiger partial charge in [-0.05, 0) is 32.5 Å². The Morgan fingerprint density at radius 3 is 2.48 bits per heavy atom. The van der Waals surface area contributed by atoms with Crippen LogP contribution in [0.15, 0.2) is 22.8 Å². The molecule has 0 aliphatic rings. The van der Waals surface area contributed by atoms with Crippen molar-refractivity contribution in [1.82, 2.24) is 20.9 Å². The molecule has 0 spiro atoms. The highest BCUT2D eigenvalue weighted by Gasteiger charge is 2.15. The molecule has 1 aromatic heterocycles.